The second-order valence-electron chi connectivity index (χ2n) is 10.9. The average molecular weight is 550 g/mol. The molecular formula is C33H29F2N5O. The maximum absolute atomic E-state index is 16.0. The monoisotopic (exact) mass is 549 g/mol. The fourth-order valence-corrected chi connectivity index (χ4v) is 5.97. The molecule has 1 saturated heterocycles. The van der Waals surface area contributed by atoms with Gasteiger partial charge in [-0.05, 0) is 80.4 Å². The number of nitrogens with zero attached hydrogens (tertiary/aromatic N) is 4. The lowest BCUT2D eigenvalue weighted by atomic mass is 9.88. The molecule has 41 heavy (non-hydrogen) atoms. The van der Waals surface area contributed by atoms with Gasteiger partial charge in [0.1, 0.15) is 28.9 Å². The van der Waals surface area contributed by atoms with Gasteiger partial charge in [-0.15, -0.1) is 0 Å². The summed E-state index contributed by atoms with van der Waals surface area (Å²) in [4.78, 5) is 10.3. The highest BCUT2D eigenvalue weighted by molar-refractivity contribution is 5.85. The highest BCUT2D eigenvalue weighted by atomic mass is 19.1. The number of likely N-dealkylation sites (tertiary alicyclic amines) is 1. The number of aromatic nitrogens is 4. The third kappa shape index (κ3) is 4.64. The Kier molecular flexibility index (Phi) is 6.27. The Morgan fingerprint density at radius 1 is 0.951 bits per heavy atom. The van der Waals surface area contributed by atoms with Crippen molar-refractivity contribution < 1.29 is 13.9 Å². The number of benzene rings is 4. The number of halogens is 2. The van der Waals surface area contributed by atoms with Crippen LogP contribution < -0.4 is 0 Å². The molecule has 0 radical (unpaired) electrons. The van der Waals surface area contributed by atoms with Crippen molar-refractivity contribution in [3.63, 3.8) is 0 Å². The SMILES string of the molecule is CN1CCC(c2ccc(-c3ccc4cn(C(c5nc6ccccc6[nH]5)c5cc(F)ccc5O)nc4c3F)cc2)CC1. The molecule has 0 aliphatic carbocycles. The third-order valence-electron chi connectivity index (χ3n) is 8.26. The number of piperidine rings is 1. The number of nitrogens with one attached hydrogen (secondary N) is 1. The summed E-state index contributed by atoms with van der Waals surface area (Å²) in [7, 11) is 2.15. The van der Waals surface area contributed by atoms with Crippen LogP contribution in [0.2, 0.25) is 0 Å². The molecule has 0 bridgehead atoms. The van der Waals surface area contributed by atoms with E-state index in [9.17, 15) is 9.50 Å². The molecule has 2 N–H and O–H groups in total. The van der Waals surface area contributed by atoms with E-state index in [0.29, 0.717) is 22.7 Å². The van der Waals surface area contributed by atoms with Crippen LogP contribution >= 0.6 is 0 Å². The summed E-state index contributed by atoms with van der Waals surface area (Å²) in [5.74, 6) is -0.0714. The Morgan fingerprint density at radius 3 is 2.51 bits per heavy atom. The number of imidazole rings is 1. The van der Waals surface area contributed by atoms with Gasteiger partial charge in [-0.1, -0.05) is 48.5 Å². The summed E-state index contributed by atoms with van der Waals surface area (Å²) in [5.41, 5.74) is 4.51. The molecule has 0 spiro atoms. The molecule has 0 saturated carbocycles. The Labute approximate surface area is 235 Å². The van der Waals surface area contributed by atoms with E-state index in [1.165, 1.54) is 28.4 Å². The third-order valence-corrected chi connectivity index (χ3v) is 8.26. The molecule has 4 aromatic carbocycles. The van der Waals surface area contributed by atoms with E-state index in [1.54, 1.807) is 12.3 Å². The number of phenolic OH excluding ortho intramolecular Hbond substituents is 1. The van der Waals surface area contributed by atoms with Gasteiger partial charge in [0, 0.05) is 22.7 Å². The van der Waals surface area contributed by atoms with Gasteiger partial charge >= 0.3 is 0 Å². The quantitative estimate of drug-likeness (QED) is 0.243. The van der Waals surface area contributed by atoms with Gasteiger partial charge < -0.3 is 15.0 Å². The van der Waals surface area contributed by atoms with Crippen molar-refractivity contribution in [3.8, 4) is 16.9 Å². The Balaban J connectivity index is 1.29. The van der Waals surface area contributed by atoms with Crippen LogP contribution in [-0.2, 0) is 0 Å². The van der Waals surface area contributed by atoms with E-state index >= 15 is 4.39 Å². The molecule has 6 nitrogen and oxygen atoms in total. The number of rotatable bonds is 5. The molecule has 2 aromatic heterocycles. The van der Waals surface area contributed by atoms with E-state index in [0.717, 1.165) is 42.5 Å². The van der Waals surface area contributed by atoms with Crippen LogP contribution in [0.5, 0.6) is 5.75 Å². The summed E-state index contributed by atoms with van der Waals surface area (Å²) < 4.78 is 31.9. The van der Waals surface area contributed by atoms with Crippen LogP contribution in [0.4, 0.5) is 8.78 Å². The summed E-state index contributed by atoms with van der Waals surface area (Å²) in [6.07, 6.45) is 3.95. The van der Waals surface area contributed by atoms with Crippen molar-refractivity contribution in [2.45, 2.75) is 24.8 Å². The lowest BCUT2D eigenvalue weighted by molar-refractivity contribution is 0.255. The molecular weight excluding hydrogens is 520 g/mol. The molecule has 1 fully saturated rings. The van der Waals surface area contributed by atoms with Crippen molar-refractivity contribution in [1.82, 2.24) is 24.6 Å². The minimum Gasteiger partial charge on any atom is -0.508 e. The molecule has 1 atom stereocenters. The molecule has 206 valence electrons. The van der Waals surface area contributed by atoms with Crippen LogP contribution in [0.25, 0.3) is 33.1 Å². The number of para-hydroxylation sites is 2. The smallest absolute Gasteiger partial charge is 0.159 e. The topological polar surface area (TPSA) is 70.0 Å². The van der Waals surface area contributed by atoms with Crippen molar-refractivity contribution in [2.24, 2.45) is 0 Å². The fourth-order valence-electron chi connectivity index (χ4n) is 5.97. The van der Waals surface area contributed by atoms with Crippen molar-refractivity contribution >= 4 is 21.9 Å². The molecule has 3 heterocycles. The molecule has 1 unspecified atom stereocenters. The lowest BCUT2D eigenvalue weighted by Crippen LogP contribution is -2.29. The summed E-state index contributed by atoms with van der Waals surface area (Å²) in [6.45, 7) is 2.17. The van der Waals surface area contributed by atoms with Gasteiger partial charge in [0.25, 0.3) is 0 Å². The highest BCUT2D eigenvalue weighted by Crippen LogP contribution is 2.36. The second-order valence-corrected chi connectivity index (χ2v) is 10.9. The van der Waals surface area contributed by atoms with Crippen LogP contribution in [-0.4, -0.2) is 49.9 Å². The summed E-state index contributed by atoms with van der Waals surface area (Å²) in [5, 5.41) is 16.0. The largest absolute Gasteiger partial charge is 0.508 e. The van der Waals surface area contributed by atoms with E-state index in [4.69, 9.17) is 4.98 Å². The molecule has 1 aliphatic rings. The summed E-state index contributed by atoms with van der Waals surface area (Å²) >= 11 is 0. The van der Waals surface area contributed by atoms with Crippen molar-refractivity contribution in [1.29, 1.82) is 0 Å². The predicted molar refractivity (Wildman–Crippen MR) is 156 cm³/mol. The normalized spacial score (nSPS) is 15.6. The Bertz CT molecular complexity index is 1840. The number of hydrogen-bond donors (Lipinski definition) is 2. The standard InChI is InChI=1S/C33H29F2N5O/c1-39-16-14-21(15-17-39)20-6-8-22(9-7-20)25-12-10-23-19-40(38-31(23)30(25)35)32(26-18-24(34)11-13-29(26)41)33-36-27-4-2-3-5-28(27)37-33/h2-13,18-19,21,32,41H,14-17H2,1H3,(H,36,37). The van der Waals surface area contributed by atoms with Gasteiger partial charge in [0.05, 0.1) is 11.0 Å². The first-order valence-corrected chi connectivity index (χ1v) is 13.8. The zero-order valence-corrected chi connectivity index (χ0v) is 22.6. The van der Waals surface area contributed by atoms with Gasteiger partial charge in [-0.3, -0.25) is 4.68 Å². The van der Waals surface area contributed by atoms with E-state index in [2.05, 4.69) is 34.2 Å². The Hall–Kier alpha value is -4.56. The second kappa shape index (κ2) is 10.1. The summed E-state index contributed by atoms with van der Waals surface area (Å²) in [6, 6.07) is 22.2. The molecule has 7 rings (SSSR count). The van der Waals surface area contributed by atoms with Crippen molar-refractivity contribution in [2.75, 3.05) is 20.1 Å². The first kappa shape index (κ1) is 25.4. The van der Waals surface area contributed by atoms with Crippen LogP contribution in [0.3, 0.4) is 0 Å². The zero-order valence-electron chi connectivity index (χ0n) is 22.6. The molecule has 6 aromatic rings. The van der Waals surface area contributed by atoms with E-state index in [1.807, 2.05) is 42.5 Å². The predicted octanol–water partition coefficient (Wildman–Crippen LogP) is 7.01. The number of aromatic hydroxyl groups is 1. The van der Waals surface area contributed by atoms with Crippen LogP contribution in [0.15, 0.2) is 85.1 Å². The number of hydrogen-bond acceptors (Lipinski definition) is 4. The minimum absolute atomic E-state index is 0.109. The van der Waals surface area contributed by atoms with Gasteiger partial charge in [-0.2, -0.15) is 5.10 Å². The molecule has 0 amide bonds. The first-order valence-electron chi connectivity index (χ1n) is 13.8. The number of H-pyrrole nitrogens is 1. The zero-order chi connectivity index (χ0) is 28.1. The van der Waals surface area contributed by atoms with Gasteiger partial charge in [0.2, 0.25) is 0 Å². The maximum atomic E-state index is 16.0. The van der Waals surface area contributed by atoms with E-state index < -0.39 is 17.7 Å². The lowest BCUT2D eigenvalue weighted by Gasteiger charge is -2.29. The Morgan fingerprint density at radius 2 is 1.73 bits per heavy atom. The van der Waals surface area contributed by atoms with E-state index in [-0.39, 0.29) is 16.8 Å². The minimum atomic E-state index is -0.817. The van der Waals surface area contributed by atoms with Gasteiger partial charge in [-0.25, -0.2) is 13.8 Å². The first-order chi connectivity index (χ1) is 19.9. The number of phenols is 1. The van der Waals surface area contributed by atoms with Crippen LogP contribution in [0, 0.1) is 11.6 Å². The number of fused-ring (bicyclic) bond motifs is 2. The van der Waals surface area contributed by atoms with Gasteiger partial charge in [0.15, 0.2) is 5.82 Å². The molecule has 8 heteroatoms. The van der Waals surface area contributed by atoms with Crippen molar-refractivity contribution in [3.05, 3.63) is 114 Å². The highest BCUT2D eigenvalue weighted by Gasteiger charge is 2.26. The maximum Gasteiger partial charge on any atom is 0.159 e. The molecule has 1 aliphatic heterocycles. The fraction of sp³-hybridized carbons (Fsp3) is 0.212. The van der Waals surface area contributed by atoms with Crippen LogP contribution in [0.1, 0.15) is 41.8 Å². The average Bonchev–Trinajstić information content (AvgIpc) is 3.61. The number of aromatic amines is 1.